The number of carbonyl (C=O) groups is 2. The summed E-state index contributed by atoms with van der Waals surface area (Å²) in [6.07, 6.45) is 1.47. The molecule has 0 heterocycles. The molecule has 0 saturated heterocycles. The summed E-state index contributed by atoms with van der Waals surface area (Å²) in [6.45, 7) is 1.85. The van der Waals surface area contributed by atoms with Crippen molar-refractivity contribution >= 4 is 12.6 Å². The maximum absolute atomic E-state index is 10.3. The van der Waals surface area contributed by atoms with Crippen LogP contribution in [0.4, 0.5) is 0 Å². The summed E-state index contributed by atoms with van der Waals surface area (Å²) in [5, 5.41) is 14.0. The van der Waals surface area contributed by atoms with Crippen LogP contribution in [0.15, 0.2) is 18.2 Å². The maximum Gasteiger partial charge on any atom is 0.150 e. The van der Waals surface area contributed by atoms with Gasteiger partial charge in [-0.25, -0.2) is 0 Å². The van der Waals surface area contributed by atoms with Crippen LogP contribution in [-0.2, 0) is 0 Å². The minimum atomic E-state index is 0.548. The van der Waals surface area contributed by atoms with Gasteiger partial charge in [-0.3, -0.25) is 9.59 Å². The van der Waals surface area contributed by atoms with E-state index in [-0.39, 0.29) is 0 Å². The number of aldehydes is 2. The minimum Gasteiger partial charge on any atom is -0.400 e. The molecule has 84 valence electrons. The number of hydrogen-bond acceptors (Lipinski definition) is 4. The Hall–Kier alpha value is -1.52. The molecule has 0 saturated carbocycles. The van der Waals surface area contributed by atoms with Crippen molar-refractivity contribution in [3.63, 3.8) is 0 Å². The fourth-order valence-electron chi connectivity index (χ4n) is 0.979. The second-order valence-electron chi connectivity index (χ2n) is 2.41. The quantitative estimate of drug-likeness (QED) is 0.712. The Morgan fingerprint density at radius 3 is 1.47 bits per heavy atom. The number of benzene rings is 1. The molecule has 0 fully saturated rings. The van der Waals surface area contributed by atoms with Crippen LogP contribution in [0.2, 0.25) is 0 Å². The molecule has 0 unspecified atom stereocenters. The van der Waals surface area contributed by atoms with Gasteiger partial charge in [0, 0.05) is 25.3 Å². The molecule has 4 nitrogen and oxygen atoms in total. The van der Waals surface area contributed by atoms with Gasteiger partial charge in [0.25, 0.3) is 0 Å². The average molecular weight is 212 g/mol. The zero-order valence-electron chi connectivity index (χ0n) is 9.10. The first kappa shape index (κ1) is 15.9. The van der Waals surface area contributed by atoms with Gasteiger partial charge in [0.2, 0.25) is 0 Å². The normalized spacial score (nSPS) is 7.53. The Labute approximate surface area is 89.2 Å². The van der Waals surface area contributed by atoms with Crippen molar-refractivity contribution in [2.24, 2.45) is 0 Å². The number of hydrogen-bond donors (Lipinski definition) is 2. The predicted octanol–water partition coefficient (Wildman–Crippen LogP) is 0.837. The molecule has 15 heavy (non-hydrogen) atoms. The van der Waals surface area contributed by atoms with E-state index in [0.29, 0.717) is 11.1 Å². The summed E-state index contributed by atoms with van der Waals surface area (Å²) >= 11 is 0. The van der Waals surface area contributed by atoms with Crippen molar-refractivity contribution in [3.8, 4) is 0 Å². The number of aliphatic hydroxyl groups is 2. The van der Waals surface area contributed by atoms with E-state index < -0.39 is 0 Å². The molecule has 0 atom stereocenters. The highest BCUT2D eigenvalue weighted by Crippen LogP contribution is 2.05. The van der Waals surface area contributed by atoms with Gasteiger partial charge < -0.3 is 10.2 Å². The van der Waals surface area contributed by atoms with Gasteiger partial charge >= 0.3 is 0 Å². The Bertz CT molecular complexity index is 268. The largest absolute Gasteiger partial charge is 0.400 e. The van der Waals surface area contributed by atoms with Crippen molar-refractivity contribution in [1.82, 2.24) is 0 Å². The zero-order chi connectivity index (χ0) is 12.3. The van der Waals surface area contributed by atoms with E-state index in [9.17, 15) is 9.59 Å². The molecule has 0 radical (unpaired) electrons. The van der Waals surface area contributed by atoms with Gasteiger partial charge in [-0.1, -0.05) is 0 Å². The summed E-state index contributed by atoms with van der Waals surface area (Å²) in [5.41, 5.74) is 2.02. The molecular weight excluding hydrogens is 196 g/mol. The topological polar surface area (TPSA) is 74.6 Å². The van der Waals surface area contributed by atoms with Gasteiger partial charge in [-0.2, -0.15) is 0 Å². The van der Waals surface area contributed by atoms with E-state index in [0.717, 1.165) is 32.4 Å². The van der Waals surface area contributed by atoms with E-state index >= 15 is 0 Å². The van der Waals surface area contributed by atoms with E-state index in [4.69, 9.17) is 10.2 Å². The first-order chi connectivity index (χ1) is 7.26. The van der Waals surface area contributed by atoms with Crippen LogP contribution in [-0.4, -0.2) is 37.0 Å². The summed E-state index contributed by atoms with van der Waals surface area (Å²) in [6, 6.07) is 5.03. The molecular formula is C11H16O4. The van der Waals surface area contributed by atoms with Gasteiger partial charge in [0.15, 0.2) is 0 Å². The Balaban J connectivity index is 0. The first-order valence-electron chi connectivity index (χ1n) is 4.18. The van der Waals surface area contributed by atoms with E-state index in [1.54, 1.807) is 18.2 Å². The second kappa shape index (κ2) is 10.6. The third-order valence-corrected chi connectivity index (χ3v) is 1.39. The summed E-state index contributed by atoms with van der Waals surface area (Å²) < 4.78 is 0. The molecule has 0 spiro atoms. The highest BCUT2D eigenvalue weighted by molar-refractivity contribution is 5.82. The smallest absolute Gasteiger partial charge is 0.150 e. The van der Waals surface area contributed by atoms with E-state index in [2.05, 4.69) is 0 Å². The summed E-state index contributed by atoms with van der Waals surface area (Å²) in [5.74, 6) is 0. The molecule has 1 rings (SSSR count). The molecule has 1 aromatic rings. The summed E-state index contributed by atoms with van der Waals surface area (Å²) in [4.78, 5) is 20.6. The molecule has 2 N–H and O–H groups in total. The van der Waals surface area contributed by atoms with Crippen LogP contribution in [0.1, 0.15) is 26.3 Å². The van der Waals surface area contributed by atoms with Crippen LogP contribution in [0.3, 0.4) is 0 Å². The molecule has 0 amide bonds. The number of aryl methyl sites for hydroxylation is 1. The SMILES string of the molecule is CO.CO.Cc1cc(C=O)cc(C=O)c1. The highest BCUT2D eigenvalue weighted by Gasteiger charge is 1.95. The molecule has 0 aliphatic rings. The molecule has 0 bridgehead atoms. The fraction of sp³-hybridized carbons (Fsp3) is 0.273. The van der Waals surface area contributed by atoms with Gasteiger partial charge in [0.1, 0.15) is 12.6 Å². The Morgan fingerprint density at radius 1 is 0.867 bits per heavy atom. The van der Waals surface area contributed by atoms with Gasteiger partial charge in [-0.05, 0) is 30.7 Å². The van der Waals surface area contributed by atoms with Crippen LogP contribution in [0.25, 0.3) is 0 Å². The fourth-order valence-corrected chi connectivity index (χ4v) is 0.979. The lowest BCUT2D eigenvalue weighted by Crippen LogP contribution is -1.86. The van der Waals surface area contributed by atoms with E-state index in [1.165, 1.54) is 0 Å². The maximum atomic E-state index is 10.3. The average Bonchev–Trinajstić information content (AvgIpc) is 2.33. The van der Waals surface area contributed by atoms with Crippen LogP contribution >= 0.6 is 0 Å². The van der Waals surface area contributed by atoms with Crippen LogP contribution in [0, 0.1) is 6.92 Å². The monoisotopic (exact) mass is 212 g/mol. The minimum absolute atomic E-state index is 0.548. The number of aliphatic hydroxyl groups excluding tert-OH is 2. The molecule has 0 aliphatic carbocycles. The van der Waals surface area contributed by atoms with Crippen LogP contribution in [0.5, 0.6) is 0 Å². The molecule has 4 heteroatoms. The molecule has 1 aromatic carbocycles. The third kappa shape index (κ3) is 6.54. The van der Waals surface area contributed by atoms with E-state index in [1.807, 2.05) is 6.92 Å². The Morgan fingerprint density at radius 2 is 1.20 bits per heavy atom. The predicted molar refractivity (Wildman–Crippen MR) is 58.2 cm³/mol. The highest BCUT2D eigenvalue weighted by atomic mass is 16.2. The Kier molecular flexibility index (Phi) is 11.2. The van der Waals surface area contributed by atoms with Crippen molar-refractivity contribution < 1.29 is 19.8 Å². The van der Waals surface area contributed by atoms with Crippen molar-refractivity contribution in [1.29, 1.82) is 0 Å². The number of carbonyl (C=O) groups excluding carboxylic acids is 2. The van der Waals surface area contributed by atoms with Gasteiger partial charge in [0.05, 0.1) is 0 Å². The second-order valence-corrected chi connectivity index (χ2v) is 2.41. The third-order valence-electron chi connectivity index (χ3n) is 1.39. The molecule has 0 aliphatic heterocycles. The van der Waals surface area contributed by atoms with Crippen LogP contribution < -0.4 is 0 Å². The van der Waals surface area contributed by atoms with Crippen molar-refractivity contribution in [2.75, 3.05) is 14.2 Å². The lowest BCUT2D eigenvalue weighted by molar-refractivity contribution is 0.112. The number of rotatable bonds is 2. The lowest BCUT2D eigenvalue weighted by atomic mass is 10.1. The van der Waals surface area contributed by atoms with Crippen molar-refractivity contribution in [3.05, 3.63) is 34.9 Å². The molecule has 0 aromatic heterocycles. The van der Waals surface area contributed by atoms with Gasteiger partial charge in [-0.15, -0.1) is 0 Å². The zero-order valence-corrected chi connectivity index (χ0v) is 9.10. The lowest BCUT2D eigenvalue weighted by Gasteiger charge is -1.95. The van der Waals surface area contributed by atoms with Crippen molar-refractivity contribution in [2.45, 2.75) is 6.92 Å². The standard InChI is InChI=1S/C9H8O2.2CH4O/c1-7-2-8(5-10)4-9(3-7)6-11;2*1-2/h2-6H,1H3;2*2H,1H3. The summed E-state index contributed by atoms with van der Waals surface area (Å²) in [7, 11) is 2.00. The first-order valence-corrected chi connectivity index (χ1v) is 4.18.